The second-order valence-electron chi connectivity index (χ2n) is 3.63. The highest BCUT2D eigenvalue weighted by atomic mass is 19.1. The largest absolute Gasteiger partial charge is 0.331 e. The molecule has 0 spiro atoms. The van der Waals surface area contributed by atoms with E-state index < -0.39 is 11.8 Å². The molecule has 2 rings (SSSR count). The number of halogens is 1. The van der Waals surface area contributed by atoms with E-state index in [0.29, 0.717) is 6.54 Å². The second kappa shape index (κ2) is 3.92. The maximum atomic E-state index is 13.5. The number of rotatable bonds is 1. The zero-order chi connectivity index (χ0) is 11.7. The molecule has 0 aliphatic carbocycles. The molecule has 0 bridgehead atoms. The van der Waals surface area contributed by atoms with E-state index in [4.69, 9.17) is 0 Å². The highest BCUT2D eigenvalue weighted by Gasteiger charge is 2.32. The molecule has 1 aliphatic rings. The van der Waals surface area contributed by atoms with Crippen LogP contribution in [-0.4, -0.2) is 30.4 Å². The molecule has 5 heteroatoms. The van der Waals surface area contributed by atoms with Crippen LogP contribution in [0.2, 0.25) is 0 Å². The number of benzene rings is 1. The summed E-state index contributed by atoms with van der Waals surface area (Å²) in [6.07, 6.45) is 0.219. The maximum Gasteiger partial charge on any atom is 0.331 e. The first-order chi connectivity index (χ1) is 7.61. The van der Waals surface area contributed by atoms with Gasteiger partial charge in [0.2, 0.25) is 5.91 Å². The van der Waals surface area contributed by atoms with E-state index in [1.807, 2.05) is 0 Å². The predicted molar refractivity (Wildman–Crippen MR) is 56.5 cm³/mol. The lowest BCUT2D eigenvalue weighted by molar-refractivity contribution is -0.119. The Labute approximate surface area is 92.3 Å². The molecule has 16 heavy (non-hydrogen) atoms. The fourth-order valence-electron chi connectivity index (χ4n) is 1.62. The van der Waals surface area contributed by atoms with Gasteiger partial charge in [-0.05, 0) is 12.1 Å². The number of imide groups is 1. The number of carbonyl (C=O) groups excluding carboxylic acids is 2. The zero-order valence-corrected chi connectivity index (χ0v) is 8.81. The normalized spacial score (nSPS) is 16.9. The van der Waals surface area contributed by atoms with E-state index in [-0.39, 0.29) is 18.0 Å². The number of anilines is 1. The highest BCUT2D eigenvalue weighted by molar-refractivity contribution is 6.15. The first-order valence-electron chi connectivity index (χ1n) is 4.94. The minimum atomic E-state index is -0.570. The minimum Gasteiger partial charge on any atom is -0.327 e. The van der Waals surface area contributed by atoms with Crippen molar-refractivity contribution in [3.63, 3.8) is 0 Å². The van der Waals surface area contributed by atoms with Gasteiger partial charge in [-0.15, -0.1) is 0 Å². The monoisotopic (exact) mass is 222 g/mol. The fraction of sp³-hybridized carbons (Fsp3) is 0.273. The predicted octanol–water partition coefficient (Wildman–Crippen LogP) is 1.61. The Bertz CT molecular complexity index is 447. The molecule has 1 aromatic carbocycles. The first-order valence-corrected chi connectivity index (χ1v) is 4.94. The summed E-state index contributed by atoms with van der Waals surface area (Å²) in [5.41, 5.74) is 0.0176. The Morgan fingerprint density at radius 3 is 2.62 bits per heavy atom. The number of carbonyl (C=O) groups is 2. The lowest BCUT2D eigenvalue weighted by Gasteiger charge is -2.31. The van der Waals surface area contributed by atoms with Gasteiger partial charge in [0.05, 0.1) is 5.69 Å². The smallest absolute Gasteiger partial charge is 0.327 e. The van der Waals surface area contributed by atoms with Crippen LogP contribution in [0.1, 0.15) is 6.42 Å². The van der Waals surface area contributed by atoms with Crippen molar-refractivity contribution in [1.82, 2.24) is 4.90 Å². The molecule has 0 atom stereocenters. The van der Waals surface area contributed by atoms with Crippen molar-refractivity contribution in [1.29, 1.82) is 0 Å². The van der Waals surface area contributed by atoms with Gasteiger partial charge < -0.3 is 4.90 Å². The van der Waals surface area contributed by atoms with Crippen LogP contribution >= 0.6 is 0 Å². The van der Waals surface area contributed by atoms with Crippen molar-refractivity contribution >= 4 is 17.6 Å². The number of hydrogen-bond donors (Lipinski definition) is 0. The fourth-order valence-corrected chi connectivity index (χ4v) is 1.62. The van der Waals surface area contributed by atoms with Gasteiger partial charge in [-0.3, -0.25) is 4.79 Å². The van der Waals surface area contributed by atoms with Gasteiger partial charge in [0.1, 0.15) is 5.82 Å². The van der Waals surface area contributed by atoms with E-state index in [1.165, 1.54) is 23.1 Å². The summed E-state index contributed by atoms with van der Waals surface area (Å²) in [6.45, 7) is 0.378. The van der Waals surface area contributed by atoms with Crippen LogP contribution in [0.25, 0.3) is 0 Å². The average molecular weight is 222 g/mol. The summed E-state index contributed by atoms with van der Waals surface area (Å²) in [7, 11) is 1.59. The SMILES string of the molecule is CN1CCC(=O)N(c2ccccc2F)C1=O. The summed E-state index contributed by atoms with van der Waals surface area (Å²) in [6, 6.07) is 5.27. The van der Waals surface area contributed by atoms with Crippen LogP contribution in [0.4, 0.5) is 14.9 Å². The van der Waals surface area contributed by atoms with Crippen molar-refractivity contribution < 1.29 is 14.0 Å². The molecule has 0 N–H and O–H groups in total. The molecular formula is C11H11FN2O2. The Morgan fingerprint density at radius 2 is 1.94 bits per heavy atom. The molecule has 0 radical (unpaired) electrons. The van der Waals surface area contributed by atoms with Crippen molar-refractivity contribution in [2.75, 3.05) is 18.5 Å². The maximum absolute atomic E-state index is 13.5. The molecule has 0 unspecified atom stereocenters. The highest BCUT2D eigenvalue weighted by Crippen LogP contribution is 2.23. The molecule has 1 heterocycles. The average Bonchev–Trinajstić information content (AvgIpc) is 2.27. The summed E-state index contributed by atoms with van der Waals surface area (Å²) in [4.78, 5) is 25.7. The van der Waals surface area contributed by atoms with E-state index in [0.717, 1.165) is 4.90 Å². The molecule has 84 valence electrons. The van der Waals surface area contributed by atoms with E-state index >= 15 is 0 Å². The third-order valence-electron chi connectivity index (χ3n) is 2.52. The molecule has 1 aliphatic heterocycles. The zero-order valence-electron chi connectivity index (χ0n) is 8.81. The standard InChI is InChI=1S/C11H11FN2O2/c1-13-7-6-10(15)14(11(13)16)9-5-3-2-4-8(9)12/h2-5H,6-7H2,1H3. The van der Waals surface area contributed by atoms with Crippen LogP contribution in [0, 0.1) is 5.82 Å². The Hall–Kier alpha value is -1.91. The van der Waals surface area contributed by atoms with Gasteiger partial charge in [-0.1, -0.05) is 12.1 Å². The van der Waals surface area contributed by atoms with E-state index in [2.05, 4.69) is 0 Å². The van der Waals surface area contributed by atoms with Crippen molar-refractivity contribution in [2.45, 2.75) is 6.42 Å². The van der Waals surface area contributed by atoms with Gasteiger partial charge in [-0.2, -0.15) is 0 Å². The Morgan fingerprint density at radius 1 is 1.25 bits per heavy atom. The van der Waals surface area contributed by atoms with E-state index in [9.17, 15) is 14.0 Å². The lowest BCUT2D eigenvalue weighted by Crippen LogP contribution is -2.51. The van der Waals surface area contributed by atoms with Crippen molar-refractivity contribution in [3.8, 4) is 0 Å². The number of hydrogen-bond acceptors (Lipinski definition) is 2. The summed E-state index contributed by atoms with van der Waals surface area (Å²) in [5, 5.41) is 0. The third-order valence-corrected chi connectivity index (χ3v) is 2.52. The van der Waals surface area contributed by atoms with Crippen LogP contribution in [-0.2, 0) is 4.79 Å². The van der Waals surface area contributed by atoms with Crippen LogP contribution in [0.15, 0.2) is 24.3 Å². The number of para-hydroxylation sites is 1. The van der Waals surface area contributed by atoms with Gasteiger partial charge in [0.25, 0.3) is 0 Å². The van der Waals surface area contributed by atoms with Gasteiger partial charge in [0.15, 0.2) is 0 Å². The molecule has 3 amide bonds. The molecule has 0 aromatic heterocycles. The summed E-state index contributed by atoms with van der Waals surface area (Å²) >= 11 is 0. The van der Waals surface area contributed by atoms with Crippen LogP contribution < -0.4 is 4.90 Å². The lowest BCUT2D eigenvalue weighted by atomic mass is 10.2. The summed E-state index contributed by atoms with van der Waals surface area (Å²) < 4.78 is 13.5. The molecule has 1 fully saturated rings. The Balaban J connectivity index is 2.42. The molecule has 0 saturated carbocycles. The van der Waals surface area contributed by atoms with Gasteiger partial charge in [-0.25, -0.2) is 14.1 Å². The summed E-state index contributed by atoms with van der Waals surface area (Å²) in [5.74, 6) is -0.937. The number of nitrogens with zero attached hydrogens (tertiary/aromatic N) is 2. The topological polar surface area (TPSA) is 40.6 Å². The number of amides is 3. The number of urea groups is 1. The Kier molecular flexibility index (Phi) is 2.60. The first kappa shape index (κ1) is 10.6. The minimum absolute atomic E-state index is 0.0176. The molecule has 1 saturated heterocycles. The van der Waals surface area contributed by atoms with E-state index in [1.54, 1.807) is 13.1 Å². The molecule has 1 aromatic rings. The van der Waals surface area contributed by atoms with Crippen LogP contribution in [0.5, 0.6) is 0 Å². The molecular weight excluding hydrogens is 211 g/mol. The van der Waals surface area contributed by atoms with Gasteiger partial charge in [0, 0.05) is 20.0 Å². The van der Waals surface area contributed by atoms with Gasteiger partial charge >= 0.3 is 6.03 Å². The second-order valence-corrected chi connectivity index (χ2v) is 3.63. The van der Waals surface area contributed by atoms with Crippen LogP contribution in [0.3, 0.4) is 0 Å². The molecule has 4 nitrogen and oxygen atoms in total. The third kappa shape index (κ3) is 1.64. The quantitative estimate of drug-likeness (QED) is 0.724. The van der Waals surface area contributed by atoms with Crippen molar-refractivity contribution in [2.24, 2.45) is 0 Å². The van der Waals surface area contributed by atoms with Crippen molar-refractivity contribution in [3.05, 3.63) is 30.1 Å².